The Kier molecular flexibility index (Phi) is 6.46. The molecule has 0 saturated heterocycles. The number of aliphatic hydroxyl groups excluding tert-OH is 1. The highest BCUT2D eigenvalue weighted by atomic mass is 16.3. The molecule has 20 heavy (non-hydrogen) atoms. The van der Waals surface area contributed by atoms with Crippen LogP contribution in [0.25, 0.3) is 6.08 Å². The molecular weight excluding hydrogens is 250 g/mol. The van der Waals surface area contributed by atoms with Crippen molar-refractivity contribution >= 4 is 12.4 Å². The van der Waals surface area contributed by atoms with Gasteiger partial charge in [0.2, 0.25) is 0 Å². The topological polar surface area (TPSA) is 40.5 Å². The fourth-order valence-corrected chi connectivity index (χ4v) is 1.86. The molecular formula is C17H25NO2. The summed E-state index contributed by atoms with van der Waals surface area (Å²) in [5.41, 5.74) is 2.86. The molecule has 0 aliphatic rings. The predicted octanol–water partition coefficient (Wildman–Crippen LogP) is 3.30. The SMILES string of the molecule is CCC(C)c1ccc(C=O)c(/C=C\N(C)C(C)CO)c1. The maximum atomic E-state index is 11.1. The normalized spacial score (nSPS) is 14.2. The molecule has 3 nitrogen and oxygen atoms in total. The molecule has 1 aromatic carbocycles. The van der Waals surface area contributed by atoms with Crippen molar-refractivity contribution in [1.82, 2.24) is 4.90 Å². The van der Waals surface area contributed by atoms with Crippen molar-refractivity contribution in [3.8, 4) is 0 Å². The van der Waals surface area contributed by atoms with Crippen LogP contribution >= 0.6 is 0 Å². The number of rotatable bonds is 7. The Morgan fingerprint density at radius 2 is 2.00 bits per heavy atom. The van der Waals surface area contributed by atoms with Gasteiger partial charge in [0.25, 0.3) is 0 Å². The van der Waals surface area contributed by atoms with Crippen LogP contribution < -0.4 is 0 Å². The molecule has 0 aromatic heterocycles. The molecule has 0 radical (unpaired) electrons. The van der Waals surface area contributed by atoms with Crippen LogP contribution in [-0.4, -0.2) is 36.0 Å². The lowest BCUT2D eigenvalue weighted by atomic mass is 9.94. The second-order valence-corrected chi connectivity index (χ2v) is 5.33. The molecule has 0 aliphatic heterocycles. The molecule has 0 saturated carbocycles. The summed E-state index contributed by atoms with van der Waals surface area (Å²) in [6.45, 7) is 6.39. The maximum Gasteiger partial charge on any atom is 0.150 e. The Morgan fingerprint density at radius 1 is 1.30 bits per heavy atom. The first-order chi connectivity index (χ1) is 9.53. The quantitative estimate of drug-likeness (QED) is 0.776. The summed E-state index contributed by atoms with van der Waals surface area (Å²) in [6, 6.07) is 6.04. The van der Waals surface area contributed by atoms with Gasteiger partial charge in [0.1, 0.15) is 0 Å². The van der Waals surface area contributed by atoms with Gasteiger partial charge in [-0.2, -0.15) is 0 Å². The molecule has 2 unspecified atom stereocenters. The van der Waals surface area contributed by atoms with Crippen LogP contribution in [0.15, 0.2) is 24.4 Å². The van der Waals surface area contributed by atoms with E-state index in [-0.39, 0.29) is 12.6 Å². The third kappa shape index (κ3) is 4.20. The van der Waals surface area contributed by atoms with Gasteiger partial charge in [-0.1, -0.05) is 32.0 Å². The minimum absolute atomic E-state index is 0.0590. The molecule has 3 heteroatoms. The minimum atomic E-state index is 0.0590. The van der Waals surface area contributed by atoms with Crippen molar-refractivity contribution in [2.24, 2.45) is 0 Å². The van der Waals surface area contributed by atoms with E-state index in [4.69, 9.17) is 5.11 Å². The summed E-state index contributed by atoms with van der Waals surface area (Å²) in [5, 5.41) is 9.12. The first kappa shape index (κ1) is 16.4. The highest BCUT2D eigenvalue weighted by Crippen LogP contribution is 2.22. The zero-order chi connectivity index (χ0) is 15.1. The largest absolute Gasteiger partial charge is 0.394 e. The van der Waals surface area contributed by atoms with Crippen LogP contribution in [0.1, 0.15) is 54.6 Å². The van der Waals surface area contributed by atoms with Crippen molar-refractivity contribution in [2.75, 3.05) is 13.7 Å². The number of carbonyl (C=O) groups is 1. The van der Waals surface area contributed by atoms with E-state index in [1.807, 2.05) is 43.3 Å². The molecule has 0 aliphatic carbocycles. The number of aldehydes is 1. The Bertz CT molecular complexity index is 468. The van der Waals surface area contributed by atoms with Gasteiger partial charge in [0.05, 0.1) is 6.61 Å². The monoisotopic (exact) mass is 275 g/mol. The third-order valence-electron chi connectivity index (χ3n) is 3.87. The summed E-state index contributed by atoms with van der Waals surface area (Å²) in [4.78, 5) is 13.1. The van der Waals surface area contributed by atoms with Gasteiger partial charge < -0.3 is 10.0 Å². The molecule has 1 N–H and O–H groups in total. The van der Waals surface area contributed by atoms with Gasteiger partial charge in [0, 0.05) is 18.7 Å². The lowest BCUT2D eigenvalue weighted by Gasteiger charge is -2.20. The zero-order valence-electron chi connectivity index (χ0n) is 12.8. The number of likely N-dealkylation sites (N-methyl/N-ethyl adjacent to an activating group) is 1. The van der Waals surface area contributed by atoms with Crippen LogP contribution in [0.5, 0.6) is 0 Å². The Labute approximate surface area is 121 Å². The van der Waals surface area contributed by atoms with Crippen LogP contribution in [0.3, 0.4) is 0 Å². The second-order valence-electron chi connectivity index (χ2n) is 5.33. The zero-order valence-corrected chi connectivity index (χ0v) is 12.8. The summed E-state index contributed by atoms with van der Waals surface area (Å²) in [7, 11) is 1.91. The van der Waals surface area contributed by atoms with Crippen LogP contribution in [0.4, 0.5) is 0 Å². The van der Waals surface area contributed by atoms with Gasteiger partial charge in [-0.3, -0.25) is 4.79 Å². The first-order valence-electron chi connectivity index (χ1n) is 7.13. The standard InChI is InChI=1S/C17H25NO2/c1-5-13(2)15-6-7-17(12-20)16(10-15)8-9-18(4)14(3)11-19/h6-10,12-14,19H,5,11H2,1-4H3/b9-8-. The van der Waals surface area contributed by atoms with Crippen LogP contribution in [0.2, 0.25) is 0 Å². The van der Waals surface area contributed by atoms with Crippen molar-refractivity contribution in [3.05, 3.63) is 41.1 Å². The van der Waals surface area contributed by atoms with Crippen molar-refractivity contribution in [3.63, 3.8) is 0 Å². The van der Waals surface area contributed by atoms with E-state index in [9.17, 15) is 4.79 Å². The van der Waals surface area contributed by atoms with E-state index in [1.54, 1.807) is 0 Å². The molecule has 0 fully saturated rings. The average molecular weight is 275 g/mol. The number of nitrogens with zero attached hydrogens (tertiary/aromatic N) is 1. The number of carbonyl (C=O) groups excluding carboxylic acids is 1. The second kappa shape index (κ2) is 7.85. The predicted molar refractivity (Wildman–Crippen MR) is 83.9 cm³/mol. The van der Waals surface area contributed by atoms with E-state index in [0.29, 0.717) is 11.5 Å². The maximum absolute atomic E-state index is 11.1. The molecule has 0 bridgehead atoms. The van der Waals surface area contributed by atoms with Crippen molar-refractivity contribution in [2.45, 2.75) is 39.2 Å². The summed E-state index contributed by atoms with van der Waals surface area (Å²) in [6.07, 6.45) is 5.80. The summed E-state index contributed by atoms with van der Waals surface area (Å²) >= 11 is 0. The number of aliphatic hydroxyl groups is 1. The van der Waals surface area contributed by atoms with Gasteiger partial charge in [0.15, 0.2) is 6.29 Å². The van der Waals surface area contributed by atoms with E-state index >= 15 is 0 Å². The summed E-state index contributed by atoms with van der Waals surface area (Å²) in [5.74, 6) is 0.483. The third-order valence-corrected chi connectivity index (χ3v) is 3.87. The molecule has 1 aromatic rings. The highest BCUT2D eigenvalue weighted by Gasteiger charge is 2.07. The number of benzene rings is 1. The minimum Gasteiger partial charge on any atom is -0.394 e. The highest BCUT2D eigenvalue weighted by molar-refractivity contribution is 5.82. The first-order valence-corrected chi connectivity index (χ1v) is 7.13. The van der Waals surface area contributed by atoms with Gasteiger partial charge in [-0.15, -0.1) is 0 Å². The van der Waals surface area contributed by atoms with E-state index in [0.717, 1.165) is 18.3 Å². The molecule has 110 valence electrons. The fourth-order valence-electron chi connectivity index (χ4n) is 1.86. The van der Waals surface area contributed by atoms with Crippen molar-refractivity contribution in [1.29, 1.82) is 0 Å². The molecule has 0 amide bonds. The van der Waals surface area contributed by atoms with Crippen molar-refractivity contribution < 1.29 is 9.90 Å². The molecule has 0 heterocycles. The van der Waals surface area contributed by atoms with Gasteiger partial charge in [-0.05, 0) is 42.7 Å². The average Bonchev–Trinajstić information content (AvgIpc) is 2.50. The Hall–Kier alpha value is -1.61. The number of hydrogen-bond acceptors (Lipinski definition) is 3. The number of hydrogen-bond donors (Lipinski definition) is 1. The van der Waals surface area contributed by atoms with E-state index < -0.39 is 0 Å². The molecule has 1 rings (SSSR count). The summed E-state index contributed by atoms with van der Waals surface area (Å²) < 4.78 is 0. The fraction of sp³-hybridized carbons (Fsp3) is 0.471. The lowest BCUT2D eigenvalue weighted by Crippen LogP contribution is -2.26. The van der Waals surface area contributed by atoms with Gasteiger partial charge in [-0.25, -0.2) is 0 Å². The van der Waals surface area contributed by atoms with Crippen LogP contribution in [-0.2, 0) is 0 Å². The molecule has 2 atom stereocenters. The van der Waals surface area contributed by atoms with E-state index in [1.165, 1.54) is 5.56 Å². The van der Waals surface area contributed by atoms with E-state index in [2.05, 4.69) is 19.9 Å². The lowest BCUT2D eigenvalue weighted by molar-refractivity contribution is 0.112. The Morgan fingerprint density at radius 3 is 2.55 bits per heavy atom. The smallest absolute Gasteiger partial charge is 0.150 e. The van der Waals surface area contributed by atoms with Gasteiger partial charge >= 0.3 is 0 Å². The molecule has 0 spiro atoms. The Balaban J connectivity index is 3.02. The van der Waals surface area contributed by atoms with Crippen LogP contribution in [0, 0.1) is 0 Å².